The van der Waals surface area contributed by atoms with Gasteiger partial charge in [-0.3, -0.25) is 4.79 Å². The summed E-state index contributed by atoms with van der Waals surface area (Å²) >= 11 is 1.63. The summed E-state index contributed by atoms with van der Waals surface area (Å²) in [6.45, 7) is 0.891. The van der Waals surface area contributed by atoms with Crippen LogP contribution in [0.25, 0.3) is 0 Å². The lowest BCUT2D eigenvalue weighted by molar-refractivity contribution is 0.0945. The van der Waals surface area contributed by atoms with E-state index in [1.54, 1.807) is 22.2 Å². The molecule has 118 valence electrons. The van der Waals surface area contributed by atoms with E-state index in [9.17, 15) is 9.90 Å². The van der Waals surface area contributed by atoms with Crippen LogP contribution in [0.5, 0.6) is 0 Å². The number of aliphatic hydroxyl groups is 1. The van der Waals surface area contributed by atoms with Gasteiger partial charge in [-0.15, -0.1) is 16.4 Å². The van der Waals surface area contributed by atoms with Crippen LogP contribution < -0.4 is 5.32 Å². The molecule has 1 amide bonds. The Kier molecular flexibility index (Phi) is 4.80. The number of nitrogens with zero attached hydrogens (tertiary/aromatic N) is 3. The number of carbonyl (C=O) groups is 1. The first-order valence-electron chi connectivity index (χ1n) is 7.14. The molecule has 0 aliphatic heterocycles. The highest BCUT2D eigenvalue weighted by molar-refractivity contribution is 7.09. The molecule has 0 aliphatic rings. The summed E-state index contributed by atoms with van der Waals surface area (Å²) in [4.78, 5) is 13.3. The molecule has 2 heterocycles. The lowest BCUT2D eigenvalue weighted by Crippen LogP contribution is -2.23. The summed E-state index contributed by atoms with van der Waals surface area (Å²) in [6, 6.07) is 11.4. The van der Waals surface area contributed by atoms with Gasteiger partial charge in [0.2, 0.25) is 0 Å². The van der Waals surface area contributed by atoms with Crippen LogP contribution in [0, 0.1) is 0 Å². The molecule has 0 fully saturated rings. The van der Waals surface area contributed by atoms with Gasteiger partial charge < -0.3 is 10.4 Å². The van der Waals surface area contributed by atoms with E-state index in [4.69, 9.17) is 0 Å². The van der Waals surface area contributed by atoms with Crippen LogP contribution in [0.3, 0.4) is 0 Å². The first-order chi connectivity index (χ1) is 11.3. The standard InChI is InChI=1S/C16H16N4O2S/c21-11-13-5-2-1-4-12(13)8-17-16(22)15-10-20(19-18-15)9-14-6-3-7-23-14/h1-7,10,21H,8-9,11H2,(H,17,22). The molecule has 3 rings (SSSR count). The van der Waals surface area contributed by atoms with Crippen LogP contribution in [-0.4, -0.2) is 26.0 Å². The van der Waals surface area contributed by atoms with E-state index in [1.807, 2.05) is 41.8 Å². The number of aliphatic hydroxyl groups excluding tert-OH is 1. The minimum Gasteiger partial charge on any atom is -0.392 e. The van der Waals surface area contributed by atoms with Gasteiger partial charge in [-0.25, -0.2) is 4.68 Å². The number of rotatable bonds is 6. The van der Waals surface area contributed by atoms with Crippen LogP contribution in [0.2, 0.25) is 0 Å². The van der Waals surface area contributed by atoms with Gasteiger partial charge in [0.25, 0.3) is 5.91 Å². The van der Waals surface area contributed by atoms with Crippen LogP contribution in [0.1, 0.15) is 26.5 Å². The number of nitrogens with one attached hydrogen (secondary N) is 1. The van der Waals surface area contributed by atoms with Gasteiger partial charge in [0.1, 0.15) is 0 Å². The van der Waals surface area contributed by atoms with Crippen molar-refractivity contribution < 1.29 is 9.90 Å². The normalized spacial score (nSPS) is 10.7. The van der Waals surface area contributed by atoms with Crippen molar-refractivity contribution in [2.45, 2.75) is 19.7 Å². The Morgan fingerprint density at radius 1 is 1.22 bits per heavy atom. The zero-order valence-electron chi connectivity index (χ0n) is 12.3. The van der Waals surface area contributed by atoms with E-state index in [2.05, 4.69) is 15.6 Å². The molecule has 0 unspecified atom stereocenters. The molecule has 0 radical (unpaired) electrons. The van der Waals surface area contributed by atoms with E-state index in [0.29, 0.717) is 13.1 Å². The molecule has 3 aromatic rings. The Morgan fingerprint density at radius 2 is 2.04 bits per heavy atom. The fraction of sp³-hybridized carbons (Fsp3) is 0.188. The highest BCUT2D eigenvalue weighted by Crippen LogP contribution is 2.10. The third kappa shape index (κ3) is 3.82. The number of hydrogen-bond acceptors (Lipinski definition) is 5. The summed E-state index contributed by atoms with van der Waals surface area (Å²) < 4.78 is 1.64. The Morgan fingerprint density at radius 3 is 2.78 bits per heavy atom. The van der Waals surface area contributed by atoms with E-state index in [-0.39, 0.29) is 18.2 Å². The van der Waals surface area contributed by atoms with Gasteiger partial charge in [-0.2, -0.15) is 0 Å². The highest BCUT2D eigenvalue weighted by atomic mass is 32.1. The van der Waals surface area contributed by atoms with Crippen LogP contribution in [0.4, 0.5) is 0 Å². The Labute approximate surface area is 137 Å². The van der Waals surface area contributed by atoms with Crippen molar-refractivity contribution in [1.82, 2.24) is 20.3 Å². The van der Waals surface area contributed by atoms with E-state index < -0.39 is 0 Å². The van der Waals surface area contributed by atoms with Crippen molar-refractivity contribution in [3.8, 4) is 0 Å². The van der Waals surface area contributed by atoms with E-state index in [0.717, 1.165) is 16.0 Å². The van der Waals surface area contributed by atoms with Gasteiger partial charge in [-0.1, -0.05) is 35.5 Å². The quantitative estimate of drug-likeness (QED) is 0.723. The fourth-order valence-electron chi connectivity index (χ4n) is 2.19. The van der Waals surface area contributed by atoms with Crippen LogP contribution in [0.15, 0.2) is 48.0 Å². The first kappa shape index (κ1) is 15.4. The van der Waals surface area contributed by atoms with Gasteiger partial charge in [0.05, 0.1) is 19.3 Å². The fourth-order valence-corrected chi connectivity index (χ4v) is 2.89. The first-order valence-corrected chi connectivity index (χ1v) is 8.02. The van der Waals surface area contributed by atoms with Gasteiger partial charge in [0, 0.05) is 11.4 Å². The van der Waals surface area contributed by atoms with Crippen LogP contribution >= 0.6 is 11.3 Å². The number of carbonyl (C=O) groups excluding carboxylic acids is 1. The summed E-state index contributed by atoms with van der Waals surface area (Å²) in [5, 5.41) is 22.0. The molecule has 0 spiro atoms. The molecule has 1 aromatic carbocycles. The van der Waals surface area contributed by atoms with E-state index in [1.165, 1.54) is 0 Å². The molecule has 0 aliphatic carbocycles. The number of thiophene rings is 1. The number of amides is 1. The van der Waals surface area contributed by atoms with Crippen molar-refractivity contribution in [1.29, 1.82) is 0 Å². The molecule has 0 saturated carbocycles. The molecule has 2 N–H and O–H groups in total. The van der Waals surface area contributed by atoms with Crippen molar-refractivity contribution >= 4 is 17.2 Å². The van der Waals surface area contributed by atoms with Gasteiger partial charge in [-0.05, 0) is 22.6 Å². The minimum absolute atomic E-state index is 0.0525. The van der Waals surface area contributed by atoms with Crippen molar-refractivity contribution in [3.05, 3.63) is 69.7 Å². The largest absolute Gasteiger partial charge is 0.392 e. The number of hydrogen-bond donors (Lipinski definition) is 2. The number of benzene rings is 1. The molecular weight excluding hydrogens is 312 g/mol. The monoisotopic (exact) mass is 328 g/mol. The summed E-state index contributed by atoms with van der Waals surface area (Å²) in [5.41, 5.74) is 1.96. The SMILES string of the molecule is O=C(NCc1ccccc1CO)c1cn(Cc2cccs2)nn1. The topological polar surface area (TPSA) is 80.0 Å². The molecule has 6 nitrogen and oxygen atoms in total. The maximum absolute atomic E-state index is 12.1. The predicted octanol–water partition coefficient (Wildman–Crippen LogP) is 1.81. The molecule has 0 bridgehead atoms. The zero-order valence-corrected chi connectivity index (χ0v) is 13.2. The minimum atomic E-state index is -0.282. The Hall–Kier alpha value is -2.51. The highest BCUT2D eigenvalue weighted by Gasteiger charge is 2.11. The summed E-state index contributed by atoms with van der Waals surface area (Å²) in [6.07, 6.45) is 1.63. The van der Waals surface area contributed by atoms with Crippen LogP contribution in [-0.2, 0) is 19.7 Å². The average molecular weight is 328 g/mol. The summed E-state index contributed by atoms with van der Waals surface area (Å²) in [7, 11) is 0. The molecular formula is C16H16N4O2S. The third-order valence-electron chi connectivity index (χ3n) is 3.40. The third-order valence-corrected chi connectivity index (χ3v) is 4.26. The van der Waals surface area contributed by atoms with Gasteiger partial charge in [0.15, 0.2) is 5.69 Å². The molecule has 7 heteroatoms. The average Bonchev–Trinajstić information content (AvgIpc) is 3.25. The zero-order chi connectivity index (χ0) is 16.1. The van der Waals surface area contributed by atoms with Gasteiger partial charge >= 0.3 is 0 Å². The smallest absolute Gasteiger partial charge is 0.273 e. The predicted molar refractivity (Wildman–Crippen MR) is 87.0 cm³/mol. The summed E-state index contributed by atoms with van der Waals surface area (Å²) in [5.74, 6) is -0.282. The number of aromatic nitrogens is 3. The van der Waals surface area contributed by atoms with E-state index >= 15 is 0 Å². The molecule has 23 heavy (non-hydrogen) atoms. The molecule has 0 atom stereocenters. The van der Waals surface area contributed by atoms with Crippen molar-refractivity contribution in [2.75, 3.05) is 0 Å². The Balaban J connectivity index is 1.61. The second-order valence-corrected chi connectivity index (χ2v) is 6.02. The second kappa shape index (κ2) is 7.17. The lowest BCUT2D eigenvalue weighted by atomic mass is 10.1. The van der Waals surface area contributed by atoms with Crippen molar-refractivity contribution in [2.24, 2.45) is 0 Å². The Bertz CT molecular complexity index is 783. The maximum atomic E-state index is 12.1. The molecule has 0 saturated heterocycles. The maximum Gasteiger partial charge on any atom is 0.273 e. The van der Waals surface area contributed by atoms with Crippen molar-refractivity contribution in [3.63, 3.8) is 0 Å². The molecule has 2 aromatic heterocycles. The second-order valence-electron chi connectivity index (χ2n) is 4.99. The lowest BCUT2D eigenvalue weighted by Gasteiger charge is -2.07.